The van der Waals surface area contributed by atoms with Crippen molar-refractivity contribution in [3.05, 3.63) is 70.5 Å². The van der Waals surface area contributed by atoms with Crippen LogP contribution in [0.1, 0.15) is 39.2 Å². The van der Waals surface area contributed by atoms with E-state index in [-0.39, 0.29) is 17.3 Å². The predicted molar refractivity (Wildman–Crippen MR) is 133 cm³/mol. The summed E-state index contributed by atoms with van der Waals surface area (Å²) in [6, 6.07) is 15.7. The summed E-state index contributed by atoms with van der Waals surface area (Å²) in [4.78, 5) is 20.3. The van der Waals surface area contributed by atoms with Gasteiger partial charge in [0, 0.05) is 37.8 Å². The van der Waals surface area contributed by atoms with Crippen molar-refractivity contribution in [2.24, 2.45) is 5.92 Å². The molecule has 1 aliphatic rings. The summed E-state index contributed by atoms with van der Waals surface area (Å²) in [5.74, 6) is 0.766. The number of rotatable bonds is 7. The van der Waals surface area contributed by atoms with E-state index >= 15 is 0 Å². The van der Waals surface area contributed by atoms with Crippen molar-refractivity contribution in [3.8, 4) is 23.3 Å². The van der Waals surface area contributed by atoms with Gasteiger partial charge in [0.1, 0.15) is 34.2 Å². The Morgan fingerprint density at radius 3 is 2.63 bits per heavy atom. The number of benzene rings is 1. The lowest BCUT2D eigenvalue weighted by Crippen LogP contribution is -2.19. The van der Waals surface area contributed by atoms with Crippen LogP contribution >= 0.6 is 11.8 Å². The number of carbonyl (C=O) groups is 1. The highest BCUT2D eigenvalue weighted by Gasteiger charge is 2.21. The number of thioether (sulfide) groups is 1. The number of pyridine rings is 2. The van der Waals surface area contributed by atoms with E-state index in [1.54, 1.807) is 25.4 Å². The molecular formula is C26H24N6O2S. The zero-order chi connectivity index (χ0) is 24.8. The number of nitrogen functional groups attached to an aromatic ring is 1. The molecule has 0 aliphatic carbocycles. The number of anilines is 1. The first-order chi connectivity index (χ1) is 17.0. The minimum Gasteiger partial charge on any atom is -0.383 e. The van der Waals surface area contributed by atoms with Crippen molar-refractivity contribution in [1.82, 2.24) is 15.3 Å². The number of nitrogens with two attached hydrogens (primary N) is 1. The monoisotopic (exact) mass is 484 g/mol. The van der Waals surface area contributed by atoms with E-state index in [2.05, 4.69) is 27.4 Å². The fourth-order valence-corrected chi connectivity index (χ4v) is 4.98. The number of nitrogens with one attached hydrogen (secondary N) is 1. The van der Waals surface area contributed by atoms with Gasteiger partial charge in [0.25, 0.3) is 5.91 Å². The normalized spacial score (nSPS) is 14.8. The van der Waals surface area contributed by atoms with Crippen molar-refractivity contribution in [3.63, 3.8) is 0 Å². The second-order valence-electron chi connectivity index (χ2n) is 8.20. The van der Waals surface area contributed by atoms with Crippen molar-refractivity contribution in [2.75, 3.05) is 26.0 Å². The van der Waals surface area contributed by atoms with E-state index in [4.69, 9.17) is 10.5 Å². The molecule has 1 amide bonds. The molecule has 8 nitrogen and oxygen atoms in total. The molecule has 1 saturated heterocycles. The summed E-state index contributed by atoms with van der Waals surface area (Å²) in [5, 5.41) is 22.8. The summed E-state index contributed by atoms with van der Waals surface area (Å²) >= 11 is 1.32. The zero-order valence-electron chi connectivity index (χ0n) is 19.2. The summed E-state index contributed by atoms with van der Waals surface area (Å²) in [7, 11) is 1.55. The highest BCUT2D eigenvalue weighted by atomic mass is 32.2. The van der Waals surface area contributed by atoms with Gasteiger partial charge in [-0.15, -0.1) is 11.8 Å². The van der Waals surface area contributed by atoms with Gasteiger partial charge in [-0.05, 0) is 47.6 Å². The Hall–Kier alpha value is -3.92. The van der Waals surface area contributed by atoms with Gasteiger partial charge in [-0.3, -0.25) is 9.78 Å². The van der Waals surface area contributed by atoms with E-state index in [0.717, 1.165) is 37.2 Å². The topological polar surface area (TPSA) is 138 Å². The van der Waals surface area contributed by atoms with Crippen LogP contribution in [-0.2, 0) is 16.9 Å². The lowest BCUT2D eigenvalue weighted by atomic mass is 9.93. The minimum atomic E-state index is -0.276. The largest absolute Gasteiger partial charge is 0.383 e. The lowest BCUT2D eigenvalue weighted by molar-refractivity contribution is 0.0958. The molecular weight excluding hydrogens is 460 g/mol. The number of ether oxygens (including phenoxy) is 1. The first-order valence-corrected chi connectivity index (χ1v) is 12.1. The molecule has 1 aliphatic heterocycles. The molecule has 0 bridgehead atoms. The van der Waals surface area contributed by atoms with Gasteiger partial charge in [0.2, 0.25) is 0 Å². The molecule has 176 valence electrons. The molecule has 1 fully saturated rings. The Morgan fingerprint density at radius 1 is 1.20 bits per heavy atom. The van der Waals surface area contributed by atoms with Crippen LogP contribution in [0.2, 0.25) is 0 Å². The number of amides is 1. The van der Waals surface area contributed by atoms with E-state index in [0.29, 0.717) is 33.5 Å². The number of aromatic nitrogens is 2. The van der Waals surface area contributed by atoms with Gasteiger partial charge in [0.05, 0.1) is 5.56 Å². The van der Waals surface area contributed by atoms with E-state index < -0.39 is 0 Å². The average molecular weight is 485 g/mol. The number of hydrogen-bond acceptors (Lipinski definition) is 8. The van der Waals surface area contributed by atoms with E-state index in [1.165, 1.54) is 17.3 Å². The van der Waals surface area contributed by atoms with Crippen molar-refractivity contribution >= 4 is 23.5 Å². The van der Waals surface area contributed by atoms with Gasteiger partial charge < -0.3 is 15.8 Å². The average Bonchev–Trinajstić information content (AvgIpc) is 3.40. The Balaban J connectivity index is 1.64. The quantitative estimate of drug-likeness (QED) is 0.484. The SMILES string of the molecule is CNC(=O)c1cc(CSc2nc(N)c(C#N)c(-c3ccc(CC4CCOC4)cc3)c2C#N)ccn1. The second-order valence-corrected chi connectivity index (χ2v) is 9.16. The minimum absolute atomic E-state index is 0.0805. The van der Waals surface area contributed by atoms with Gasteiger partial charge in [-0.25, -0.2) is 4.98 Å². The molecule has 35 heavy (non-hydrogen) atoms. The van der Waals surface area contributed by atoms with Crippen LogP contribution in [0.5, 0.6) is 0 Å². The van der Waals surface area contributed by atoms with Crippen LogP contribution in [0.4, 0.5) is 5.82 Å². The third kappa shape index (κ3) is 5.43. The molecule has 9 heteroatoms. The van der Waals surface area contributed by atoms with Crippen LogP contribution in [0.15, 0.2) is 47.6 Å². The molecule has 4 rings (SSSR count). The van der Waals surface area contributed by atoms with Crippen LogP contribution in [0.3, 0.4) is 0 Å². The molecule has 0 saturated carbocycles. The molecule has 3 aromatic rings. The van der Waals surface area contributed by atoms with Crippen LogP contribution in [-0.4, -0.2) is 36.1 Å². The third-order valence-corrected chi connectivity index (χ3v) is 6.91. The Kier molecular flexibility index (Phi) is 7.61. The number of hydrogen-bond donors (Lipinski definition) is 2. The maximum Gasteiger partial charge on any atom is 0.269 e. The number of nitrogens with zero attached hydrogens (tertiary/aromatic N) is 4. The van der Waals surface area contributed by atoms with Crippen LogP contribution in [0.25, 0.3) is 11.1 Å². The predicted octanol–water partition coefficient (Wildman–Crippen LogP) is 3.70. The fourth-order valence-electron chi connectivity index (χ4n) is 4.04. The molecule has 0 radical (unpaired) electrons. The second kappa shape index (κ2) is 11.0. The smallest absolute Gasteiger partial charge is 0.269 e. The van der Waals surface area contributed by atoms with Crippen molar-refractivity contribution in [1.29, 1.82) is 10.5 Å². The van der Waals surface area contributed by atoms with Gasteiger partial charge in [0.15, 0.2) is 0 Å². The molecule has 1 atom stereocenters. The molecule has 1 aromatic carbocycles. The molecule has 2 aromatic heterocycles. The van der Waals surface area contributed by atoms with Crippen molar-refractivity contribution < 1.29 is 9.53 Å². The summed E-state index contributed by atoms with van der Waals surface area (Å²) < 4.78 is 5.47. The van der Waals surface area contributed by atoms with E-state index in [1.807, 2.05) is 24.3 Å². The van der Waals surface area contributed by atoms with Gasteiger partial charge >= 0.3 is 0 Å². The third-order valence-electron chi connectivity index (χ3n) is 5.87. The van der Waals surface area contributed by atoms with Crippen molar-refractivity contribution in [2.45, 2.75) is 23.6 Å². The molecule has 3 heterocycles. The standard InChI is InChI=1S/C26H24N6O2S/c1-30-25(33)22-11-18(6-8-31-22)15-35-26-21(13-28)23(20(12-27)24(29)32-26)19-4-2-16(3-5-19)10-17-7-9-34-14-17/h2-6,8,11,17H,7,9-10,14-15H2,1H3,(H2,29,32)(H,30,33). The fraction of sp³-hybridized carbons (Fsp3) is 0.269. The molecule has 0 spiro atoms. The first kappa shape index (κ1) is 24.2. The summed E-state index contributed by atoms with van der Waals surface area (Å²) in [5.41, 5.74) is 10.2. The highest BCUT2D eigenvalue weighted by molar-refractivity contribution is 7.98. The Bertz CT molecular complexity index is 1320. The first-order valence-electron chi connectivity index (χ1n) is 11.1. The van der Waals surface area contributed by atoms with Crippen LogP contribution < -0.4 is 11.1 Å². The van der Waals surface area contributed by atoms with Crippen LogP contribution in [0, 0.1) is 28.6 Å². The van der Waals surface area contributed by atoms with Gasteiger partial charge in [-0.1, -0.05) is 24.3 Å². The summed E-state index contributed by atoms with van der Waals surface area (Å²) in [6.07, 6.45) is 3.56. The number of carbonyl (C=O) groups excluding carboxylic acids is 1. The molecule has 3 N–H and O–H groups in total. The highest BCUT2D eigenvalue weighted by Crippen LogP contribution is 2.37. The Labute approximate surface area is 208 Å². The maximum absolute atomic E-state index is 11.9. The Morgan fingerprint density at radius 2 is 1.97 bits per heavy atom. The van der Waals surface area contributed by atoms with E-state index in [9.17, 15) is 15.3 Å². The maximum atomic E-state index is 11.9. The summed E-state index contributed by atoms with van der Waals surface area (Å²) in [6.45, 7) is 1.59. The lowest BCUT2D eigenvalue weighted by Gasteiger charge is -2.14. The zero-order valence-corrected chi connectivity index (χ0v) is 20.1. The van der Waals surface area contributed by atoms with Gasteiger partial charge in [-0.2, -0.15) is 10.5 Å². The number of nitriles is 2. The molecule has 1 unspecified atom stereocenters.